The van der Waals surface area contributed by atoms with E-state index in [2.05, 4.69) is 35.4 Å². The lowest BCUT2D eigenvalue weighted by molar-refractivity contribution is 0.414. The molecule has 1 saturated heterocycles. The van der Waals surface area contributed by atoms with Crippen molar-refractivity contribution in [3.63, 3.8) is 0 Å². The number of fused-ring (bicyclic) bond motifs is 1. The van der Waals surface area contributed by atoms with E-state index < -0.39 is 0 Å². The van der Waals surface area contributed by atoms with E-state index in [9.17, 15) is 0 Å². The van der Waals surface area contributed by atoms with Crippen molar-refractivity contribution >= 4 is 28.6 Å². The number of nitrogens with zero attached hydrogens (tertiary/aromatic N) is 5. The van der Waals surface area contributed by atoms with Gasteiger partial charge in [-0.2, -0.15) is 15.1 Å². The summed E-state index contributed by atoms with van der Waals surface area (Å²) < 4.78 is 0. The molecule has 3 aromatic heterocycles. The van der Waals surface area contributed by atoms with Gasteiger partial charge >= 0.3 is 0 Å². The van der Waals surface area contributed by atoms with Crippen LogP contribution in [0.1, 0.15) is 5.69 Å². The van der Waals surface area contributed by atoms with Gasteiger partial charge in [-0.25, -0.2) is 4.98 Å². The van der Waals surface area contributed by atoms with E-state index in [1.807, 2.05) is 25.1 Å². The minimum Gasteiger partial charge on any atom is -0.340 e. The maximum atomic E-state index is 5.70. The molecular weight excluding hydrogens is 292 g/mol. The Bertz CT molecular complexity index is 836. The van der Waals surface area contributed by atoms with Crippen molar-refractivity contribution < 1.29 is 0 Å². The Hall–Kier alpha value is -2.74. The minimum atomic E-state index is 0.517. The summed E-state index contributed by atoms with van der Waals surface area (Å²) in [5.41, 5.74) is 7.35. The number of hydrogen-bond acceptors (Lipinski definition) is 7. The largest absolute Gasteiger partial charge is 0.340 e. The third kappa shape index (κ3) is 2.57. The predicted octanol–water partition coefficient (Wildman–Crippen LogP) is 1.19. The molecule has 0 radical (unpaired) electrons. The maximum absolute atomic E-state index is 5.70. The molecule has 0 spiro atoms. The lowest BCUT2D eigenvalue weighted by Crippen LogP contribution is -2.50. The van der Waals surface area contributed by atoms with Crippen molar-refractivity contribution in [1.82, 2.24) is 25.1 Å². The number of aromatic nitrogens is 5. The van der Waals surface area contributed by atoms with E-state index in [4.69, 9.17) is 5.73 Å². The normalized spacial score (nSPS) is 15.0. The van der Waals surface area contributed by atoms with E-state index >= 15 is 0 Å². The van der Waals surface area contributed by atoms with E-state index in [0.29, 0.717) is 29.9 Å². The first-order valence-electron chi connectivity index (χ1n) is 7.60. The fraction of sp³-hybridized carbons (Fsp3) is 0.333. The standard InChI is InChI=1S/C15H18N8/c1-9-5-12(22-21-9)18-14-11-3-2-4-17-13(11)19-15(20-14)23-7-10(6-16)8-23/h2-5,10H,6-8,16H2,1H3,(H2,17,18,19,20,21,22). The third-order valence-electron chi connectivity index (χ3n) is 3.99. The molecular formula is C15H18N8. The van der Waals surface area contributed by atoms with Gasteiger partial charge in [0.25, 0.3) is 0 Å². The molecule has 0 atom stereocenters. The van der Waals surface area contributed by atoms with Crippen LogP contribution >= 0.6 is 0 Å². The zero-order chi connectivity index (χ0) is 15.8. The first kappa shape index (κ1) is 13.9. The highest BCUT2D eigenvalue weighted by molar-refractivity contribution is 5.89. The molecule has 1 fully saturated rings. The van der Waals surface area contributed by atoms with Crippen LogP contribution < -0.4 is 16.0 Å². The van der Waals surface area contributed by atoms with Gasteiger partial charge in [-0.05, 0) is 25.6 Å². The number of rotatable bonds is 4. The van der Waals surface area contributed by atoms with Crippen molar-refractivity contribution in [3.8, 4) is 0 Å². The van der Waals surface area contributed by atoms with E-state index in [1.165, 1.54) is 0 Å². The van der Waals surface area contributed by atoms with Crippen LogP contribution in [-0.2, 0) is 0 Å². The van der Waals surface area contributed by atoms with Gasteiger partial charge < -0.3 is 16.0 Å². The molecule has 4 N–H and O–H groups in total. The summed E-state index contributed by atoms with van der Waals surface area (Å²) >= 11 is 0. The predicted molar refractivity (Wildman–Crippen MR) is 88.7 cm³/mol. The van der Waals surface area contributed by atoms with Crippen LogP contribution in [0, 0.1) is 12.8 Å². The Labute approximate surface area is 133 Å². The number of H-pyrrole nitrogens is 1. The lowest BCUT2D eigenvalue weighted by Gasteiger charge is -2.38. The molecule has 0 bridgehead atoms. The lowest BCUT2D eigenvalue weighted by atomic mass is 10.0. The smallest absolute Gasteiger partial charge is 0.229 e. The number of pyridine rings is 1. The van der Waals surface area contributed by atoms with Gasteiger partial charge in [0.1, 0.15) is 5.82 Å². The summed E-state index contributed by atoms with van der Waals surface area (Å²) in [6, 6.07) is 5.76. The van der Waals surface area contributed by atoms with Gasteiger partial charge in [0.2, 0.25) is 5.95 Å². The minimum absolute atomic E-state index is 0.517. The van der Waals surface area contributed by atoms with Gasteiger partial charge in [-0.3, -0.25) is 5.10 Å². The van der Waals surface area contributed by atoms with Gasteiger partial charge in [-0.15, -0.1) is 0 Å². The molecule has 0 amide bonds. The van der Waals surface area contributed by atoms with Crippen LogP contribution in [0.2, 0.25) is 0 Å². The second-order valence-electron chi connectivity index (χ2n) is 5.81. The van der Waals surface area contributed by atoms with E-state index in [1.54, 1.807) is 6.20 Å². The monoisotopic (exact) mass is 310 g/mol. The van der Waals surface area contributed by atoms with Crippen molar-refractivity contribution in [2.45, 2.75) is 6.92 Å². The summed E-state index contributed by atoms with van der Waals surface area (Å²) in [4.78, 5) is 15.7. The SMILES string of the molecule is Cc1cc(Nc2nc(N3CC(CN)C3)nc3ncccc23)n[nH]1. The van der Waals surface area contributed by atoms with E-state index in [0.717, 1.165) is 30.0 Å². The summed E-state index contributed by atoms with van der Waals surface area (Å²) in [6.07, 6.45) is 1.74. The van der Waals surface area contributed by atoms with E-state index in [-0.39, 0.29) is 0 Å². The molecule has 0 unspecified atom stereocenters. The number of hydrogen-bond donors (Lipinski definition) is 3. The number of aryl methyl sites for hydroxylation is 1. The molecule has 4 rings (SSSR count). The van der Waals surface area contributed by atoms with Crippen molar-refractivity contribution in [2.24, 2.45) is 11.7 Å². The molecule has 8 nitrogen and oxygen atoms in total. The number of anilines is 3. The average molecular weight is 310 g/mol. The molecule has 3 aromatic rings. The maximum Gasteiger partial charge on any atom is 0.229 e. The fourth-order valence-electron chi connectivity index (χ4n) is 2.67. The van der Waals surface area contributed by atoms with Crippen LogP contribution in [0.15, 0.2) is 24.4 Å². The Morgan fingerprint density at radius 2 is 2.26 bits per heavy atom. The molecule has 1 aliphatic rings. The first-order chi connectivity index (χ1) is 11.2. The van der Waals surface area contributed by atoms with Gasteiger partial charge in [0.05, 0.1) is 5.39 Å². The molecule has 0 saturated carbocycles. The third-order valence-corrected chi connectivity index (χ3v) is 3.99. The molecule has 0 aromatic carbocycles. The van der Waals surface area contributed by atoms with Crippen LogP contribution in [0.5, 0.6) is 0 Å². The second kappa shape index (κ2) is 5.47. The van der Waals surface area contributed by atoms with Crippen LogP contribution in [0.25, 0.3) is 11.0 Å². The molecule has 8 heteroatoms. The average Bonchev–Trinajstić information content (AvgIpc) is 2.91. The zero-order valence-corrected chi connectivity index (χ0v) is 12.8. The molecule has 0 aliphatic carbocycles. The Balaban J connectivity index is 1.72. The van der Waals surface area contributed by atoms with Crippen molar-refractivity contribution in [3.05, 3.63) is 30.1 Å². The number of aromatic amines is 1. The summed E-state index contributed by atoms with van der Waals surface area (Å²) in [6.45, 7) is 4.42. The Morgan fingerprint density at radius 3 is 3.00 bits per heavy atom. The number of nitrogens with one attached hydrogen (secondary N) is 2. The van der Waals surface area contributed by atoms with Gasteiger partial charge in [-0.1, -0.05) is 0 Å². The van der Waals surface area contributed by atoms with Crippen LogP contribution in [0.4, 0.5) is 17.6 Å². The second-order valence-corrected chi connectivity index (χ2v) is 5.81. The molecule has 118 valence electrons. The zero-order valence-electron chi connectivity index (χ0n) is 12.8. The van der Waals surface area contributed by atoms with Crippen molar-refractivity contribution in [2.75, 3.05) is 29.9 Å². The Morgan fingerprint density at radius 1 is 1.39 bits per heavy atom. The molecule has 23 heavy (non-hydrogen) atoms. The van der Waals surface area contributed by atoms with Gasteiger partial charge in [0, 0.05) is 37.0 Å². The highest BCUT2D eigenvalue weighted by Gasteiger charge is 2.28. The summed E-state index contributed by atoms with van der Waals surface area (Å²) in [5, 5.41) is 11.2. The summed E-state index contributed by atoms with van der Waals surface area (Å²) in [7, 11) is 0. The van der Waals surface area contributed by atoms with Gasteiger partial charge in [0.15, 0.2) is 11.5 Å². The molecule has 1 aliphatic heterocycles. The quantitative estimate of drug-likeness (QED) is 0.664. The summed E-state index contributed by atoms with van der Waals surface area (Å²) in [5.74, 6) is 2.63. The highest BCUT2D eigenvalue weighted by Crippen LogP contribution is 2.27. The first-order valence-corrected chi connectivity index (χ1v) is 7.60. The number of nitrogens with two attached hydrogens (primary N) is 1. The highest BCUT2D eigenvalue weighted by atomic mass is 15.3. The Kier molecular flexibility index (Phi) is 3.30. The van der Waals surface area contributed by atoms with Crippen molar-refractivity contribution in [1.29, 1.82) is 0 Å². The van der Waals surface area contributed by atoms with Crippen LogP contribution in [0.3, 0.4) is 0 Å². The topological polar surface area (TPSA) is 109 Å². The van der Waals surface area contributed by atoms with Crippen LogP contribution in [-0.4, -0.2) is 44.8 Å². The fourth-order valence-corrected chi connectivity index (χ4v) is 2.67. The molecule has 4 heterocycles.